The molecule has 16 heavy (non-hydrogen) atoms. The summed E-state index contributed by atoms with van der Waals surface area (Å²) in [4.78, 5) is 4.30. The van der Waals surface area contributed by atoms with Gasteiger partial charge < -0.3 is 0 Å². The van der Waals surface area contributed by atoms with Gasteiger partial charge in [0.1, 0.15) is 0 Å². The molecular formula is C11H15N5. The second kappa shape index (κ2) is 5.34. The van der Waals surface area contributed by atoms with E-state index in [0.717, 1.165) is 30.8 Å². The molecule has 2 heterocycles. The van der Waals surface area contributed by atoms with Crippen molar-refractivity contribution in [3.8, 4) is 0 Å². The summed E-state index contributed by atoms with van der Waals surface area (Å²) in [6.45, 7) is 2.19. The molecule has 0 spiro atoms. The number of H-pyrrole nitrogens is 1. The van der Waals surface area contributed by atoms with E-state index in [4.69, 9.17) is 0 Å². The number of aromatic amines is 1. The summed E-state index contributed by atoms with van der Waals surface area (Å²) in [5, 5.41) is 13.9. The van der Waals surface area contributed by atoms with Crippen LogP contribution in [0.5, 0.6) is 0 Å². The van der Waals surface area contributed by atoms with Gasteiger partial charge in [0.15, 0.2) is 5.82 Å². The van der Waals surface area contributed by atoms with Crippen LogP contribution in [0.4, 0.5) is 0 Å². The average molecular weight is 217 g/mol. The molecule has 1 N–H and O–H groups in total. The molecule has 1 atom stereocenters. The molecule has 1 unspecified atom stereocenters. The standard InChI is InChI=1S/C11H15N5/c1-9(8-11-13-15-16-14-11)5-6-10-4-2-3-7-12-10/h2-4,7,9H,5-6,8H2,1H3,(H,13,14,15,16). The third-order valence-corrected chi connectivity index (χ3v) is 2.54. The summed E-state index contributed by atoms with van der Waals surface area (Å²) < 4.78 is 0. The molecule has 0 saturated heterocycles. The zero-order valence-electron chi connectivity index (χ0n) is 9.30. The van der Waals surface area contributed by atoms with E-state index in [1.54, 1.807) is 0 Å². The lowest BCUT2D eigenvalue weighted by atomic mass is 10.00. The van der Waals surface area contributed by atoms with Crippen LogP contribution in [0.15, 0.2) is 24.4 Å². The lowest BCUT2D eigenvalue weighted by molar-refractivity contribution is 0.514. The van der Waals surface area contributed by atoms with Crippen LogP contribution in [-0.2, 0) is 12.8 Å². The molecule has 0 aliphatic rings. The lowest BCUT2D eigenvalue weighted by Crippen LogP contribution is -2.04. The highest BCUT2D eigenvalue weighted by atomic mass is 15.5. The van der Waals surface area contributed by atoms with Crippen LogP contribution < -0.4 is 0 Å². The summed E-state index contributed by atoms with van der Waals surface area (Å²) in [6, 6.07) is 6.01. The summed E-state index contributed by atoms with van der Waals surface area (Å²) in [5.74, 6) is 1.33. The van der Waals surface area contributed by atoms with Crippen LogP contribution in [0.1, 0.15) is 24.9 Å². The molecule has 2 aromatic heterocycles. The van der Waals surface area contributed by atoms with Gasteiger partial charge in [-0.25, -0.2) is 0 Å². The Labute approximate surface area is 94.3 Å². The fraction of sp³-hybridized carbons (Fsp3) is 0.455. The average Bonchev–Trinajstić information content (AvgIpc) is 2.81. The van der Waals surface area contributed by atoms with E-state index in [1.165, 1.54) is 0 Å². The van der Waals surface area contributed by atoms with Crippen LogP contribution in [-0.4, -0.2) is 25.6 Å². The van der Waals surface area contributed by atoms with Crippen LogP contribution in [0.3, 0.4) is 0 Å². The van der Waals surface area contributed by atoms with Gasteiger partial charge in [0.25, 0.3) is 0 Å². The largest absolute Gasteiger partial charge is 0.261 e. The van der Waals surface area contributed by atoms with E-state index >= 15 is 0 Å². The van der Waals surface area contributed by atoms with Crippen molar-refractivity contribution in [2.24, 2.45) is 5.92 Å². The number of nitrogens with one attached hydrogen (secondary N) is 1. The topological polar surface area (TPSA) is 67.3 Å². The summed E-state index contributed by atoms with van der Waals surface area (Å²) >= 11 is 0. The molecule has 0 fully saturated rings. The van der Waals surface area contributed by atoms with Crippen molar-refractivity contribution in [1.29, 1.82) is 0 Å². The Morgan fingerprint density at radius 3 is 3.00 bits per heavy atom. The third-order valence-electron chi connectivity index (χ3n) is 2.54. The molecule has 2 aromatic rings. The number of tetrazole rings is 1. The van der Waals surface area contributed by atoms with Crippen molar-refractivity contribution in [3.63, 3.8) is 0 Å². The molecule has 0 bridgehead atoms. The number of aromatic nitrogens is 5. The molecule has 0 radical (unpaired) electrons. The summed E-state index contributed by atoms with van der Waals surface area (Å²) in [5.41, 5.74) is 1.14. The van der Waals surface area contributed by atoms with Crippen LogP contribution >= 0.6 is 0 Å². The number of nitrogens with zero attached hydrogens (tertiary/aromatic N) is 4. The normalized spacial score (nSPS) is 12.6. The predicted octanol–water partition coefficient (Wildman–Crippen LogP) is 1.41. The van der Waals surface area contributed by atoms with Crippen LogP contribution in [0, 0.1) is 5.92 Å². The number of aryl methyl sites for hydroxylation is 1. The molecule has 5 nitrogen and oxygen atoms in total. The van der Waals surface area contributed by atoms with Gasteiger partial charge >= 0.3 is 0 Å². The van der Waals surface area contributed by atoms with Crippen molar-refractivity contribution in [3.05, 3.63) is 35.9 Å². The summed E-state index contributed by atoms with van der Waals surface area (Å²) in [7, 11) is 0. The van der Waals surface area contributed by atoms with E-state index in [9.17, 15) is 0 Å². The molecule has 5 heteroatoms. The minimum atomic E-state index is 0.541. The quantitative estimate of drug-likeness (QED) is 0.822. The van der Waals surface area contributed by atoms with Gasteiger partial charge in [0.05, 0.1) is 0 Å². The Balaban J connectivity index is 1.78. The predicted molar refractivity (Wildman–Crippen MR) is 59.6 cm³/mol. The first-order chi connectivity index (χ1) is 7.84. The van der Waals surface area contributed by atoms with E-state index in [0.29, 0.717) is 5.92 Å². The van der Waals surface area contributed by atoms with E-state index in [-0.39, 0.29) is 0 Å². The summed E-state index contributed by atoms with van der Waals surface area (Å²) in [6.07, 6.45) is 4.79. The Bertz CT molecular complexity index is 398. The van der Waals surface area contributed by atoms with Crippen molar-refractivity contribution in [1.82, 2.24) is 25.6 Å². The second-order valence-electron chi connectivity index (χ2n) is 4.00. The van der Waals surface area contributed by atoms with Crippen LogP contribution in [0.2, 0.25) is 0 Å². The van der Waals surface area contributed by atoms with Gasteiger partial charge in [-0.3, -0.25) is 4.98 Å². The highest BCUT2D eigenvalue weighted by molar-refractivity contribution is 5.03. The number of rotatable bonds is 5. The Morgan fingerprint density at radius 1 is 1.38 bits per heavy atom. The Morgan fingerprint density at radius 2 is 2.31 bits per heavy atom. The maximum atomic E-state index is 4.30. The second-order valence-corrected chi connectivity index (χ2v) is 4.00. The Kier molecular flexibility index (Phi) is 3.58. The molecule has 0 saturated carbocycles. The van der Waals surface area contributed by atoms with Crippen molar-refractivity contribution in [2.45, 2.75) is 26.2 Å². The molecular weight excluding hydrogens is 202 g/mol. The molecule has 0 aromatic carbocycles. The highest BCUT2D eigenvalue weighted by Gasteiger charge is 2.07. The smallest absolute Gasteiger partial charge is 0.174 e. The molecule has 2 rings (SSSR count). The third kappa shape index (κ3) is 3.12. The first kappa shape index (κ1) is 10.7. The lowest BCUT2D eigenvalue weighted by Gasteiger charge is -2.07. The first-order valence-corrected chi connectivity index (χ1v) is 5.47. The minimum Gasteiger partial charge on any atom is -0.261 e. The van der Waals surface area contributed by atoms with Gasteiger partial charge in [0.2, 0.25) is 0 Å². The van der Waals surface area contributed by atoms with Crippen molar-refractivity contribution in [2.75, 3.05) is 0 Å². The maximum absolute atomic E-state index is 4.30. The fourth-order valence-electron chi connectivity index (χ4n) is 1.62. The molecule has 0 aliphatic heterocycles. The van der Waals surface area contributed by atoms with E-state index in [2.05, 4.69) is 38.6 Å². The zero-order valence-corrected chi connectivity index (χ0v) is 9.30. The first-order valence-electron chi connectivity index (χ1n) is 5.47. The number of hydrogen-bond acceptors (Lipinski definition) is 4. The monoisotopic (exact) mass is 217 g/mol. The van der Waals surface area contributed by atoms with E-state index < -0.39 is 0 Å². The molecule has 0 amide bonds. The van der Waals surface area contributed by atoms with Gasteiger partial charge in [-0.05, 0) is 30.9 Å². The van der Waals surface area contributed by atoms with Crippen LogP contribution in [0.25, 0.3) is 0 Å². The Hall–Kier alpha value is -1.78. The van der Waals surface area contributed by atoms with Gasteiger partial charge in [-0.1, -0.05) is 18.2 Å². The highest BCUT2D eigenvalue weighted by Crippen LogP contribution is 2.11. The van der Waals surface area contributed by atoms with Gasteiger partial charge in [0, 0.05) is 18.3 Å². The zero-order chi connectivity index (χ0) is 11.2. The number of pyridine rings is 1. The van der Waals surface area contributed by atoms with E-state index in [1.807, 2.05) is 18.3 Å². The SMILES string of the molecule is CC(CCc1ccccn1)Cc1nn[nH]n1. The fourth-order valence-corrected chi connectivity index (χ4v) is 1.62. The van der Waals surface area contributed by atoms with Crippen molar-refractivity contribution >= 4 is 0 Å². The molecule has 0 aliphatic carbocycles. The maximum Gasteiger partial charge on any atom is 0.174 e. The number of hydrogen-bond donors (Lipinski definition) is 1. The van der Waals surface area contributed by atoms with Gasteiger partial charge in [-0.2, -0.15) is 5.21 Å². The molecule has 84 valence electrons. The van der Waals surface area contributed by atoms with Gasteiger partial charge in [-0.15, -0.1) is 10.2 Å². The van der Waals surface area contributed by atoms with Crippen molar-refractivity contribution < 1.29 is 0 Å². The minimum absolute atomic E-state index is 0.541.